The molecule has 2 aliphatic rings. The summed E-state index contributed by atoms with van der Waals surface area (Å²) in [6.45, 7) is 0.762. The molecule has 0 saturated heterocycles. The molecular weight excluding hydrogens is 370 g/mol. The Morgan fingerprint density at radius 1 is 1.29 bits per heavy atom. The molecule has 0 unspecified atom stereocenters. The van der Waals surface area contributed by atoms with E-state index in [4.69, 9.17) is 0 Å². The van der Waals surface area contributed by atoms with E-state index in [1.807, 2.05) is 20.3 Å². The maximum Gasteiger partial charge on any atom is 0.225 e. The van der Waals surface area contributed by atoms with Crippen LogP contribution in [0.1, 0.15) is 28.0 Å². The van der Waals surface area contributed by atoms with Gasteiger partial charge in [0.2, 0.25) is 5.91 Å². The summed E-state index contributed by atoms with van der Waals surface area (Å²) in [5.74, 6) is 1.12. The quantitative estimate of drug-likeness (QED) is 0.741. The summed E-state index contributed by atoms with van der Waals surface area (Å²) >= 11 is 1.69. The van der Waals surface area contributed by atoms with Crippen LogP contribution < -0.4 is 5.32 Å². The van der Waals surface area contributed by atoms with Crippen molar-refractivity contribution in [3.63, 3.8) is 0 Å². The van der Waals surface area contributed by atoms with E-state index in [1.54, 1.807) is 22.6 Å². The smallest absolute Gasteiger partial charge is 0.225 e. The highest BCUT2D eigenvalue weighted by molar-refractivity contribution is 7.19. The Hall–Kier alpha value is -2.80. The summed E-state index contributed by atoms with van der Waals surface area (Å²) in [6.07, 6.45) is 6.09. The molecule has 1 aromatic carbocycles. The molecule has 142 valence electrons. The van der Waals surface area contributed by atoms with Crippen molar-refractivity contribution in [3.8, 4) is 0 Å². The first-order chi connectivity index (χ1) is 13.6. The molecule has 6 nitrogen and oxygen atoms in total. The van der Waals surface area contributed by atoms with Gasteiger partial charge in [0, 0.05) is 36.8 Å². The van der Waals surface area contributed by atoms with Crippen molar-refractivity contribution >= 4 is 45.2 Å². The summed E-state index contributed by atoms with van der Waals surface area (Å²) in [4.78, 5) is 29.7. The van der Waals surface area contributed by atoms with Crippen molar-refractivity contribution in [1.29, 1.82) is 0 Å². The Labute approximate surface area is 167 Å². The first kappa shape index (κ1) is 17.3. The number of hydrogen-bond donors (Lipinski definition) is 1. The average molecular weight is 392 g/mol. The number of benzene rings is 1. The van der Waals surface area contributed by atoms with Crippen LogP contribution in [0.25, 0.3) is 10.2 Å². The predicted octanol–water partition coefficient (Wildman–Crippen LogP) is 3.56. The van der Waals surface area contributed by atoms with E-state index >= 15 is 0 Å². The zero-order valence-electron chi connectivity index (χ0n) is 15.9. The number of rotatable bonds is 3. The lowest BCUT2D eigenvalue weighted by molar-refractivity contribution is -0.133. The van der Waals surface area contributed by atoms with Gasteiger partial charge in [-0.05, 0) is 48.1 Å². The number of aromatic nitrogens is 2. The minimum atomic E-state index is 0.0657. The molecule has 1 aliphatic carbocycles. The van der Waals surface area contributed by atoms with Crippen LogP contribution >= 0.6 is 11.3 Å². The molecule has 0 radical (unpaired) electrons. The largest absolute Gasteiger partial charge is 0.349 e. The SMILES string of the molecule is CN(C)C(=O)[C@@H]1CCc2c(sc3ncnc(Nc4ccc5c(c4)C=NC5)c23)C1. The number of carbonyl (C=O) groups is 1. The van der Waals surface area contributed by atoms with Crippen molar-refractivity contribution in [2.45, 2.75) is 25.8 Å². The van der Waals surface area contributed by atoms with Gasteiger partial charge in [0.05, 0.1) is 11.9 Å². The van der Waals surface area contributed by atoms with E-state index in [-0.39, 0.29) is 11.8 Å². The molecule has 1 atom stereocenters. The highest BCUT2D eigenvalue weighted by Crippen LogP contribution is 2.40. The lowest BCUT2D eigenvalue weighted by Crippen LogP contribution is -2.32. The lowest BCUT2D eigenvalue weighted by Gasteiger charge is -2.24. The molecule has 5 rings (SSSR count). The zero-order valence-corrected chi connectivity index (χ0v) is 16.7. The Kier molecular flexibility index (Phi) is 4.12. The second-order valence-electron chi connectivity index (χ2n) is 7.59. The molecule has 1 amide bonds. The topological polar surface area (TPSA) is 70.5 Å². The minimum absolute atomic E-state index is 0.0657. The number of hydrogen-bond acceptors (Lipinski definition) is 6. The average Bonchev–Trinajstić information content (AvgIpc) is 3.30. The maximum absolute atomic E-state index is 12.4. The summed E-state index contributed by atoms with van der Waals surface area (Å²) in [7, 11) is 3.66. The van der Waals surface area contributed by atoms with Crippen molar-refractivity contribution in [2.75, 3.05) is 19.4 Å². The standard InChI is InChI=1S/C21H21N5OS/c1-26(2)21(27)12-4-6-16-17(8-12)28-20-18(16)19(23-11-24-20)25-15-5-3-13-9-22-10-14(13)7-15/h3,5,7,10-12H,4,6,8-9H2,1-2H3,(H,23,24,25)/t12-/m1/s1. The van der Waals surface area contributed by atoms with Crippen LogP contribution in [-0.2, 0) is 24.2 Å². The Balaban J connectivity index is 1.50. The summed E-state index contributed by atoms with van der Waals surface area (Å²) < 4.78 is 0. The second-order valence-corrected chi connectivity index (χ2v) is 8.67. The molecule has 0 bridgehead atoms. The lowest BCUT2D eigenvalue weighted by atomic mass is 9.87. The number of nitrogens with zero attached hydrogens (tertiary/aromatic N) is 4. The first-order valence-corrected chi connectivity index (χ1v) is 10.3. The van der Waals surface area contributed by atoms with Crippen LogP contribution in [-0.4, -0.2) is 41.1 Å². The number of nitrogens with one attached hydrogen (secondary N) is 1. The molecule has 1 N–H and O–H groups in total. The van der Waals surface area contributed by atoms with Crippen molar-refractivity contribution < 1.29 is 4.79 Å². The molecule has 0 spiro atoms. The van der Waals surface area contributed by atoms with Gasteiger partial charge < -0.3 is 10.2 Å². The van der Waals surface area contributed by atoms with Crippen LogP contribution in [0.3, 0.4) is 0 Å². The number of aryl methyl sites for hydroxylation is 1. The van der Waals surface area contributed by atoms with Gasteiger partial charge in [-0.3, -0.25) is 9.79 Å². The third-order valence-corrected chi connectivity index (χ3v) is 6.70. The van der Waals surface area contributed by atoms with E-state index in [0.717, 1.165) is 53.1 Å². The van der Waals surface area contributed by atoms with Crippen LogP contribution in [0.4, 0.5) is 11.5 Å². The van der Waals surface area contributed by atoms with Crippen molar-refractivity contribution in [2.24, 2.45) is 10.9 Å². The third kappa shape index (κ3) is 2.86. The van der Waals surface area contributed by atoms with Gasteiger partial charge in [0.1, 0.15) is 17.0 Å². The highest BCUT2D eigenvalue weighted by Gasteiger charge is 2.29. The van der Waals surface area contributed by atoms with E-state index in [2.05, 4.69) is 38.5 Å². The Morgan fingerprint density at radius 3 is 3.04 bits per heavy atom. The van der Waals surface area contributed by atoms with Crippen LogP contribution in [0.15, 0.2) is 29.5 Å². The van der Waals surface area contributed by atoms with Gasteiger partial charge in [0.15, 0.2) is 0 Å². The van der Waals surface area contributed by atoms with Crippen LogP contribution in [0, 0.1) is 5.92 Å². The summed E-state index contributed by atoms with van der Waals surface area (Å²) in [5.41, 5.74) is 4.72. The van der Waals surface area contributed by atoms with E-state index < -0.39 is 0 Å². The van der Waals surface area contributed by atoms with E-state index in [1.165, 1.54) is 16.0 Å². The number of anilines is 2. The molecule has 0 fully saturated rings. The third-order valence-electron chi connectivity index (χ3n) is 5.54. The number of aliphatic imine (C=N–C) groups is 1. The van der Waals surface area contributed by atoms with Crippen LogP contribution in [0.2, 0.25) is 0 Å². The first-order valence-electron chi connectivity index (χ1n) is 9.46. The molecule has 3 heterocycles. The number of carbonyl (C=O) groups excluding carboxylic acids is 1. The molecular formula is C21H21N5OS. The highest BCUT2D eigenvalue weighted by atomic mass is 32.1. The van der Waals surface area contributed by atoms with Gasteiger partial charge in [-0.25, -0.2) is 9.97 Å². The normalized spacial score (nSPS) is 17.4. The molecule has 2 aromatic heterocycles. The zero-order chi connectivity index (χ0) is 19.3. The van der Waals surface area contributed by atoms with Crippen molar-refractivity contribution in [1.82, 2.24) is 14.9 Å². The summed E-state index contributed by atoms with van der Waals surface area (Å²) in [5, 5.41) is 4.59. The minimum Gasteiger partial charge on any atom is -0.349 e. The van der Waals surface area contributed by atoms with Crippen LogP contribution in [0.5, 0.6) is 0 Å². The van der Waals surface area contributed by atoms with Gasteiger partial charge in [-0.2, -0.15) is 0 Å². The van der Waals surface area contributed by atoms with Crippen molar-refractivity contribution in [3.05, 3.63) is 46.1 Å². The van der Waals surface area contributed by atoms with Gasteiger partial charge in [0.25, 0.3) is 0 Å². The number of fused-ring (bicyclic) bond motifs is 4. The molecule has 7 heteroatoms. The second kappa shape index (κ2) is 6.67. The fraction of sp³-hybridized carbons (Fsp3) is 0.333. The molecule has 0 saturated carbocycles. The summed E-state index contributed by atoms with van der Waals surface area (Å²) in [6, 6.07) is 6.31. The maximum atomic E-state index is 12.4. The van der Waals surface area contributed by atoms with E-state index in [0.29, 0.717) is 0 Å². The fourth-order valence-electron chi connectivity index (χ4n) is 4.10. The van der Waals surface area contributed by atoms with E-state index in [9.17, 15) is 4.79 Å². The van der Waals surface area contributed by atoms with Gasteiger partial charge in [-0.15, -0.1) is 11.3 Å². The molecule has 1 aliphatic heterocycles. The fourth-order valence-corrected chi connectivity index (χ4v) is 5.36. The molecule has 28 heavy (non-hydrogen) atoms. The Morgan fingerprint density at radius 2 is 2.18 bits per heavy atom. The number of amides is 1. The number of thiophene rings is 1. The predicted molar refractivity (Wildman–Crippen MR) is 113 cm³/mol. The van der Waals surface area contributed by atoms with Gasteiger partial charge >= 0.3 is 0 Å². The monoisotopic (exact) mass is 391 g/mol. The molecule has 3 aromatic rings. The Bertz CT molecular complexity index is 1120. The van der Waals surface area contributed by atoms with Gasteiger partial charge in [-0.1, -0.05) is 6.07 Å².